The number of aryl methyl sites for hydroxylation is 1. The Bertz CT molecular complexity index is 1350. The Kier molecular flexibility index (Phi) is 7.69. The molecule has 0 unspecified atom stereocenters. The van der Waals surface area contributed by atoms with Gasteiger partial charge in [0.2, 0.25) is 0 Å². The zero-order valence-electron chi connectivity index (χ0n) is 19.7. The number of nitrogens with one attached hydrogen (secondary N) is 1. The molecule has 0 saturated heterocycles. The van der Waals surface area contributed by atoms with Gasteiger partial charge < -0.3 is 14.4 Å². The third-order valence-corrected chi connectivity index (χ3v) is 6.98. The molecule has 8 heteroatoms. The minimum atomic E-state index is -3.84. The topological polar surface area (TPSA) is 84.9 Å². The lowest BCUT2D eigenvalue weighted by Crippen LogP contribution is -2.35. The molecule has 1 N–H and O–H groups in total. The SMILES string of the molecule is C#CCN(c1ccc(NS(=O)(=O)c2ccc(OC)c(C)c2)c2ccccc12)[C@@H](C)CC(=O)OC. The third-order valence-electron chi connectivity index (χ3n) is 5.61. The fourth-order valence-corrected chi connectivity index (χ4v) is 5.02. The number of anilines is 2. The van der Waals surface area contributed by atoms with Gasteiger partial charge in [0.1, 0.15) is 5.75 Å². The molecule has 3 rings (SSSR count). The number of benzene rings is 3. The van der Waals surface area contributed by atoms with Crippen molar-refractivity contribution in [3.8, 4) is 18.1 Å². The van der Waals surface area contributed by atoms with E-state index in [9.17, 15) is 13.2 Å². The number of methoxy groups -OCH3 is 2. The van der Waals surface area contributed by atoms with Gasteiger partial charge in [-0.1, -0.05) is 30.2 Å². The van der Waals surface area contributed by atoms with Gasteiger partial charge in [0.05, 0.1) is 37.8 Å². The predicted octanol–water partition coefficient (Wildman–Crippen LogP) is 4.35. The number of ether oxygens (including phenoxy) is 2. The Balaban J connectivity index is 2.04. The fourth-order valence-electron chi connectivity index (χ4n) is 3.86. The summed E-state index contributed by atoms with van der Waals surface area (Å²) in [7, 11) is -0.956. The molecule has 178 valence electrons. The maximum atomic E-state index is 13.1. The molecule has 0 fully saturated rings. The second kappa shape index (κ2) is 10.5. The molecule has 0 amide bonds. The van der Waals surface area contributed by atoms with E-state index < -0.39 is 10.0 Å². The maximum absolute atomic E-state index is 13.1. The number of esters is 1. The van der Waals surface area contributed by atoms with Crippen LogP contribution in [0, 0.1) is 19.3 Å². The van der Waals surface area contributed by atoms with E-state index in [1.807, 2.05) is 42.2 Å². The molecule has 0 spiro atoms. The van der Waals surface area contributed by atoms with Crippen molar-refractivity contribution in [1.82, 2.24) is 0 Å². The fraction of sp³-hybridized carbons (Fsp3) is 0.269. The zero-order valence-corrected chi connectivity index (χ0v) is 20.5. The number of carbonyl (C=O) groups excluding carboxylic acids is 1. The molecule has 0 aliphatic carbocycles. The number of fused-ring (bicyclic) bond motifs is 1. The van der Waals surface area contributed by atoms with Gasteiger partial charge in [0.25, 0.3) is 10.0 Å². The first-order valence-corrected chi connectivity index (χ1v) is 12.2. The summed E-state index contributed by atoms with van der Waals surface area (Å²) in [5, 5.41) is 1.52. The van der Waals surface area contributed by atoms with Gasteiger partial charge in [0, 0.05) is 22.5 Å². The van der Waals surface area contributed by atoms with E-state index in [1.165, 1.54) is 20.3 Å². The van der Waals surface area contributed by atoms with Crippen LogP contribution in [-0.4, -0.2) is 41.2 Å². The Morgan fingerprint density at radius 2 is 1.82 bits per heavy atom. The van der Waals surface area contributed by atoms with Crippen LogP contribution in [0.15, 0.2) is 59.5 Å². The maximum Gasteiger partial charge on any atom is 0.307 e. The molecule has 1 atom stereocenters. The van der Waals surface area contributed by atoms with Gasteiger partial charge in [0.15, 0.2) is 0 Å². The van der Waals surface area contributed by atoms with E-state index in [-0.39, 0.29) is 29.9 Å². The third kappa shape index (κ3) is 5.26. The molecule has 0 aliphatic rings. The number of hydrogen-bond acceptors (Lipinski definition) is 6. The van der Waals surface area contributed by atoms with Crippen LogP contribution in [0.5, 0.6) is 5.75 Å². The Hall–Kier alpha value is -3.70. The molecule has 3 aromatic carbocycles. The zero-order chi connectivity index (χ0) is 24.9. The minimum Gasteiger partial charge on any atom is -0.496 e. The molecule has 0 heterocycles. The summed E-state index contributed by atoms with van der Waals surface area (Å²) in [4.78, 5) is 13.9. The molecule has 0 bridgehead atoms. The van der Waals surface area contributed by atoms with Crippen LogP contribution in [0.2, 0.25) is 0 Å². The summed E-state index contributed by atoms with van der Waals surface area (Å²) in [6, 6.07) is 15.5. The molecular formula is C26H28N2O5S. The van der Waals surface area contributed by atoms with Crippen molar-refractivity contribution < 1.29 is 22.7 Å². The highest BCUT2D eigenvalue weighted by atomic mass is 32.2. The molecule has 7 nitrogen and oxygen atoms in total. The monoisotopic (exact) mass is 480 g/mol. The molecular weight excluding hydrogens is 452 g/mol. The first-order valence-electron chi connectivity index (χ1n) is 10.7. The predicted molar refractivity (Wildman–Crippen MR) is 135 cm³/mol. The average molecular weight is 481 g/mol. The van der Waals surface area contributed by atoms with Crippen LogP contribution in [0.4, 0.5) is 11.4 Å². The highest BCUT2D eigenvalue weighted by Crippen LogP contribution is 2.35. The summed E-state index contributed by atoms with van der Waals surface area (Å²) < 4.78 is 39.0. The summed E-state index contributed by atoms with van der Waals surface area (Å²) in [5.41, 5.74) is 1.96. The van der Waals surface area contributed by atoms with Gasteiger partial charge in [-0.3, -0.25) is 9.52 Å². The van der Waals surface area contributed by atoms with E-state index in [0.717, 1.165) is 16.6 Å². The molecule has 34 heavy (non-hydrogen) atoms. The van der Waals surface area contributed by atoms with Crippen molar-refractivity contribution in [2.75, 3.05) is 30.4 Å². The lowest BCUT2D eigenvalue weighted by atomic mass is 10.0. The molecule has 0 aromatic heterocycles. The van der Waals surface area contributed by atoms with Gasteiger partial charge in [-0.25, -0.2) is 8.42 Å². The highest BCUT2D eigenvalue weighted by Gasteiger charge is 2.22. The quantitative estimate of drug-likeness (QED) is 0.362. The van der Waals surface area contributed by atoms with E-state index >= 15 is 0 Å². The Morgan fingerprint density at radius 3 is 2.44 bits per heavy atom. The summed E-state index contributed by atoms with van der Waals surface area (Å²) >= 11 is 0. The van der Waals surface area contributed by atoms with E-state index in [4.69, 9.17) is 15.9 Å². The largest absolute Gasteiger partial charge is 0.496 e. The molecule has 3 aromatic rings. The highest BCUT2D eigenvalue weighted by molar-refractivity contribution is 7.92. The van der Waals surface area contributed by atoms with Gasteiger partial charge in [-0.15, -0.1) is 6.42 Å². The van der Waals surface area contributed by atoms with Crippen molar-refractivity contribution in [2.24, 2.45) is 0 Å². The van der Waals surface area contributed by atoms with Gasteiger partial charge >= 0.3 is 5.97 Å². The molecule has 0 aliphatic heterocycles. The lowest BCUT2D eigenvalue weighted by Gasteiger charge is -2.30. The smallest absolute Gasteiger partial charge is 0.307 e. The minimum absolute atomic E-state index is 0.139. The van der Waals surface area contributed by atoms with Crippen molar-refractivity contribution >= 4 is 38.1 Å². The van der Waals surface area contributed by atoms with Gasteiger partial charge in [-0.05, 0) is 49.7 Å². The molecule has 0 saturated carbocycles. The van der Waals surface area contributed by atoms with Crippen LogP contribution >= 0.6 is 0 Å². The first-order chi connectivity index (χ1) is 16.2. The first kappa shape index (κ1) is 24.9. The number of nitrogens with zero attached hydrogens (tertiary/aromatic N) is 1. The van der Waals surface area contributed by atoms with Crippen LogP contribution in [0.3, 0.4) is 0 Å². The second-order valence-corrected chi connectivity index (χ2v) is 9.56. The average Bonchev–Trinajstić information content (AvgIpc) is 2.82. The van der Waals surface area contributed by atoms with Crippen molar-refractivity contribution in [3.05, 3.63) is 60.2 Å². The van der Waals surface area contributed by atoms with Crippen LogP contribution in [-0.2, 0) is 19.6 Å². The number of terminal acetylenes is 1. The Morgan fingerprint density at radius 1 is 1.12 bits per heavy atom. The number of rotatable bonds is 9. The standard InChI is InChI=1S/C26H28N2O5S/c1-6-15-28(19(3)17-26(29)33-5)24-13-12-23(21-9-7-8-10-22(21)24)27-34(30,31)20-11-14-25(32-4)18(2)16-20/h1,7-14,16,19,27H,15,17H2,2-5H3/t19-/m0/s1. The number of sulfonamides is 1. The van der Waals surface area contributed by atoms with Crippen molar-refractivity contribution in [2.45, 2.75) is 31.2 Å². The van der Waals surface area contributed by atoms with Crippen molar-refractivity contribution in [3.63, 3.8) is 0 Å². The second-order valence-electron chi connectivity index (χ2n) is 7.88. The molecule has 0 radical (unpaired) electrons. The van der Waals surface area contributed by atoms with E-state index in [1.54, 1.807) is 25.1 Å². The Labute approximate surface area is 200 Å². The summed E-state index contributed by atoms with van der Waals surface area (Å²) in [6.45, 7) is 3.96. The number of hydrogen-bond donors (Lipinski definition) is 1. The van der Waals surface area contributed by atoms with Crippen LogP contribution in [0.1, 0.15) is 18.9 Å². The number of carbonyl (C=O) groups is 1. The van der Waals surface area contributed by atoms with Crippen LogP contribution in [0.25, 0.3) is 10.8 Å². The normalized spacial score (nSPS) is 12.0. The summed E-state index contributed by atoms with van der Waals surface area (Å²) in [5.74, 6) is 2.92. The lowest BCUT2D eigenvalue weighted by molar-refractivity contribution is -0.140. The van der Waals surface area contributed by atoms with Crippen molar-refractivity contribution in [1.29, 1.82) is 0 Å². The van der Waals surface area contributed by atoms with E-state index in [0.29, 0.717) is 16.8 Å². The van der Waals surface area contributed by atoms with Gasteiger partial charge in [-0.2, -0.15) is 0 Å². The summed E-state index contributed by atoms with van der Waals surface area (Å²) in [6.07, 6.45) is 5.78. The van der Waals surface area contributed by atoms with E-state index in [2.05, 4.69) is 10.6 Å². The van der Waals surface area contributed by atoms with Crippen LogP contribution < -0.4 is 14.4 Å².